The van der Waals surface area contributed by atoms with E-state index in [1.54, 1.807) is 0 Å². The van der Waals surface area contributed by atoms with Crippen LogP contribution in [0.5, 0.6) is 0 Å². The number of hydrogen-bond donors (Lipinski definition) is 2. The van der Waals surface area contributed by atoms with E-state index in [0.29, 0.717) is 5.75 Å². The quantitative estimate of drug-likeness (QED) is 0.647. The molecule has 0 amide bonds. The number of nitrogens with two attached hydrogens (primary N) is 1. The van der Waals surface area contributed by atoms with Gasteiger partial charge in [-0.3, -0.25) is 4.57 Å². The molecule has 0 aliphatic carbocycles. The van der Waals surface area contributed by atoms with E-state index in [9.17, 15) is 4.79 Å². The van der Waals surface area contributed by atoms with Gasteiger partial charge in [0.25, 0.3) is 0 Å². The lowest BCUT2D eigenvalue weighted by molar-refractivity contribution is -0.0839. The number of anilines is 1. The molecule has 1 aliphatic rings. The van der Waals surface area contributed by atoms with Crippen molar-refractivity contribution in [3.8, 4) is 0 Å². The molecule has 1 aromatic rings. The summed E-state index contributed by atoms with van der Waals surface area (Å²) in [6, 6.07) is 1.51. The molecule has 1 saturated heterocycles. The Balaban J connectivity index is 2.29. The van der Waals surface area contributed by atoms with E-state index in [2.05, 4.69) is 4.98 Å². The Hall–Kier alpha value is -1.05. The summed E-state index contributed by atoms with van der Waals surface area (Å²) in [6.45, 7) is 0. The monoisotopic (exact) mass is 215 g/mol. The number of hydrogen-bond acceptors (Lipinski definition) is 6. The largest absolute Gasteiger partial charge is 0.383 e. The lowest BCUT2D eigenvalue weighted by Crippen LogP contribution is -2.28. The van der Waals surface area contributed by atoms with Crippen LogP contribution >= 0.6 is 11.8 Å². The predicted molar refractivity (Wildman–Crippen MR) is 51.5 cm³/mol. The standard InChI is InChI=1S/C7H9N3O3S/c8-4-1-2-10(6(11)9-4)5-3-14-7(12)13-5/h1-2,5,7,12H,3H2,(H2,8,9,11)/t5-,7+/m0/s1. The Morgan fingerprint density at radius 2 is 2.57 bits per heavy atom. The normalized spacial score (nSPS) is 26.6. The van der Waals surface area contributed by atoms with Crippen LogP contribution in [0.25, 0.3) is 0 Å². The van der Waals surface area contributed by atoms with E-state index in [0.717, 1.165) is 0 Å². The highest BCUT2D eigenvalue weighted by Crippen LogP contribution is 2.28. The maximum absolute atomic E-state index is 11.3. The number of nitrogens with zero attached hydrogens (tertiary/aromatic N) is 2. The van der Waals surface area contributed by atoms with Gasteiger partial charge in [-0.05, 0) is 6.07 Å². The third-order valence-electron chi connectivity index (χ3n) is 1.82. The summed E-state index contributed by atoms with van der Waals surface area (Å²) in [5.74, 6) is 0.699. The molecule has 2 atom stereocenters. The van der Waals surface area contributed by atoms with Crippen molar-refractivity contribution in [3.05, 3.63) is 22.7 Å². The highest BCUT2D eigenvalue weighted by atomic mass is 32.2. The second-order valence-electron chi connectivity index (χ2n) is 2.77. The predicted octanol–water partition coefficient (Wildman–Crippen LogP) is -0.637. The summed E-state index contributed by atoms with van der Waals surface area (Å²) < 4.78 is 6.37. The van der Waals surface area contributed by atoms with Crippen LogP contribution < -0.4 is 11.4 Å². The highest BCUT2D eigenvalue weighted by Gasteiger charge is 2.26. The molecule has 0 saturated carbocycles. The van der Waals surface area contributed by atoms with Crippen LogP contribution in [0.15, 0.2) is 17.1 Å². The zero-order valence-corrected chi connectivity index (χ0v) is 7.98. The summed E-state index contributed by atoms with van der Waals surface area (Å²) >= 11 is 1.23. The Kier molecular flexibility index (Phi) is 2.44. The van der Waals surface area contributed by atoms with Crippen LogP contribution in [0.2, 0.25) is 0 Å². The van der Waals surface area contributed by atoms with E-state index in [-0.39, 0.29) is 5.82 Å². The summed E-state index contributed by atoms with van der Waals surface area (Å²) in [5.41, 5.74) is 3.99. The molecular formula is C7H9N3O3S. The van der Waals surface area contributed by atoms with Gasteiger partial charge in [0.1, 0.15) is 5.82 Å². The SMILES string of the molecule is Nc1ccn([C@@H]2CS[C@H](O)O2)c(=O)n1. The van der Waals surface area contributed by atoms with Gasteiger partial charge in [-0.1, -0.05) is 11.8 Å². The van der Waals surface area contributed by atoms with Crippen molar-refractivity contribution in [1.29, 1.82) is 0 Å². The molecule has 76 valence electrons. The lowest BCUT2D eigenvalue weighted by Gasteiger charge is -2.11. The zero-order valence-electron chi connectivity index (χ0n) is 7.16. The van der Waals surface area contributed by atoms with Crippen LogP contribution in [0.4, 0.5) is 5.82 Å². The topological polar surface area (TPSA) is 90.4 Å². The molecule has 0 aromatic carbocycles. The van der Waals surface area contributed by atoms with Crippen molar-refractivity contribution in [2.45, 2.75) is 11.8 Å². The van der Waals surface area contributed by atoms with Crippen LogP contribution in [0.3, 0.4) is 0 Å². The van der Waals surface area contributed by atoms with Gasteiger partial charge in [-0.2, -0.15) is 4.98 Å². The van der Waals surface area contributed by atoms with E-state index in [1.165, 1.54) is 28.6 Å². The molecule has 3 N–H and O–H groups in total. The van der Waals surface area contributed by atoms with Gasteiger partial charge in [0.15, 0.2) is 6.23 Å². The van der Waals surface area contributed by atoms with Crippen LogP contribution in [0, 0.1) is 0 Å². The molecule has 0 bridgehead atoms. The number of nitrogen functional groups attached to an aromatic ring is 1. The number of thioether (sulfide) groups is 1. The molecule has 1 fully saturated rings. The fourth-order valence-electron chi connectivity index (χ4n) is 1.17. The first-order valence-electron chi connectivity index (χ1n) is 3.96. The van der Waals surface area contributed by atoms with E-state index < -0.39 is 17.5 Å². The van der Waals surface area contributed by atoms with Crippen molar-refractivity contribution in [3.63, 3.8) is 0 Å². The molecule has 0 radical (unpaired) electrons. The van der Waals surface area contributed by atoms with Crippen LogP contribution in [-0.4, -0.2) is 26.0 Å². The Bertz CT molecular complexity index is 394. The van der Waals surface area contributed by atoms with Crippen molar-refractivity contribution in [2.24, 2.45) is 0 Å². The van der Waals surface area contributed by atoms with Crippen molar-refractivity contribution < 1.29 is 9.84 Å². The summed E-state index contributed by atoms with van der Waals surface area (Å²) in [5, 5.41) is 9.09. The number of aromatic nitrogens is 2. The van der Waals surface area contributed by atoms with Gasteiger partial charge in [0.05, 0.1) is 0 Å². The van der Waals surface area contributed by atoms with Gasteiger partial charge in [0.2, 0.25) is 5.62 Å². The second kappa shape index (κ2) is 3.60. The van der Waals surface area contributed by atoms with Crippen molar-refractivity contribution >= 4 is 17.6 Å². The van der Waals surface area contributed by atoms with E-state index in [4.69, 9.17) is 15.6 Å². The minimum atomic E-state index is -0.871. The first-order valence-corrected chi connectivity index (χ1v) is 5.01. The Morgan fingerprint density at radius 3 is 3.14 bits per heavy atom. The third-order valence-corrected chi connectivity index (χ3v) is 2.69. The van der Waals surface area contributed by atoms with Crippen LogP contribution in [-0.2, 0) is 4.74 Å². The fraction of sp³-hybridized carbons (Fsp3) is 0.429. The van der Waals surface area contributed by atoms with E-state index >= 15 is 0 Å². The van der Waals surface area contributed by atoms with Crippen molar-refractivity contribution in [1.82, 2.24) is 9.55 Å². The second-order valence-corrected chi connectivity index (χ2v) is 3.84. The Labute approximate surface area is 83.7 Å². The van der Waals surface area contributed by atoms with Gasteiger partial charge in [-0.25, -0.2) is 4.79 Å². The maximum atomic E-state index is 11.3. The zero-order chi connectivity index (χ0) is 10.1. The van der Waals surface area contributed by atoms with Crippen LogP contribution in [0.1, 0.15) is 6.23 Å². The summed E-state index contributed by atoms with van der Waals surface area (Å²) in [6.07, 6.45) is 1.05. The minimum absolute atomic E-state index is 0.178. The van der Waals surface area contributed by atoms with Crippen molar-refractivity contribution in [2.75, 3.05) is 11.5 Å². The summed E-state index contributed by atoms with van der Waals surface area (Å²) in [4.78, 5) is 14.9. The molecule has 7 heteroatoms. The maximum Gasteiger partial charge on any atom is 0.351 e. The average Bonchev–Trinajstić information content (AvgIpc) is 2.51. The van der Waals surface area contributed by atoms with Gasteiger partial charge >= 0.3 is 5.69 Å². The Morgan fingerprint density at radius 1 is 1.79 bits per heavy atom. The van der Waals surface area contributed by atoms with Gasteiger partial charge in [0, 0.05) is 11.9 Å². The van der Waals surface area contributed by atoms with Gasteiger partial charge in [-0.15, -0.1) is 0 Å². The molecular weight excluding hydrogens is 206 g/mol. The molecule has 1 aliphatic heterocycles. The van der Waals surface area contributed by atoms with Gasteiger partial charge < -0.3 is 15.6 Å². The lowest BCUT2D eigenvalue weighted by atomic mass is 10.5. The molecule has 0 spiro atoms. The smallest absolute Gasteiger partial charge is 0.351 e. The first kappa shape index (κ1) is 9.50. The molecule has 2 heterocycles. The molecule has 14 heavy (non-hydrogen) atoms. The van der Waals surface area contributed by atoms with E-state index in [1.807, 2.05) is 0 Å². The number of rotatable bonds is 1. The molecule has 0 unspecified atom stereocenters. The number of aliphatic hydroxyl groups excluding tert-OH is 1. The first-order chi connectivity index (χ1) is 6.66. The fourth-order valence-corrected chi connectivity index (χ4v) is 1.94. The third kappa shape index (κ3) is 1.74. The molecule has 2 rings (SSSR count). The summed E-state index contributed by atoms with van der Waals surface area (Å²) in [7, 11) is 0. The average molecular weight is 215 g/mol. The highest BCUT2D eigenvalue weighted by molar-refractivity contribution is 7.99. The molecule has 1 aromatic heterocycles. The number of ether oxygens (including phenoxy) is 1. The minimum Gasteiger partial charge on any atom is -0.383 e. The number of aliphatic hydroxyl groups is 1. The molecule has 6 nitrogen and oxygen atoms in total.